The van der Waals surface area contributed by atoms with Crippen LogP contribution >= 0.6 is 0 Å². The molecule has 0 aromatic carbocycles. The van der Waals surface area contributed by atoms with Crippen LogP contribution in [-0.2, 0) is 0 Å². The summed E-state index contributed by atoms with van der Waals surface area (Å²) in [6, 6.07) is 1.68. The van der Waals surface area contributed by atoms with Crippen molar-refractivity contribution in [3.8, 4) is 0 Å². The van der Waals surface area contributed by atoms with Crippen LogP contribution in [0.5, 0.6) is 0 Å². The molecule has 1 nitrogen and oxygen atoms in total. The van der Waals surface area contributed by atoms with Gasteiger partial charge >= 0.3 is 0 Å². The first-order chi connectivity index (χ1) is 6.43. The van der Waals surface area contributed by atoms with Crippen molar-refractivity contribution in [2.24, 2.45) is 11.8 Å². The Morgan fingerprint density at radius 1 is 0.923 bits per heavy atom. The molecule has 0 saturated heterocycles. The van der Waals surface area contributed by atoms with Crippen LogP contribution in [0.3, 0.4) is 0 Å². The Hall–Kier alpha value is -0.300. The van der Waals surface area contributed by atoms with Crippen LogP contribution in [0.15, 0.2) is 12.2 Å². The number of nitrogens with one attached hydrogen (secondary N) is 1. The van der Waals surface area contributed by atoms with Gasteiger partial charge in [0, 0.05) is 12.1 Å². The van der Waals surface area contributed by atoms with Gasteiger partial charge in [0.2, 0.25) is 0 Å². The third kappa shape index (κ3) is 1.80. The summed E-state index contributed by atoms with van der Waals surface area (Å²) in [6.45, 7) is 0. The predicted octanol–water partition coefficient (Wildman–Crippen LogP) is 2.48. The van der Waals surface area contributed by atoms with E-state index in [-0.39, 0.29) is 0 Å². The Balaban J connectivity index is 1.55. The molecule has 3 aliphatic rings. The zero-order chi connectivity index (χ0) is 8.67. The maximum absolute atomic E-state index is 3.88. The third-order valence-electron chi connectivity index (χ3n) is 3.70. The summed E-state index contributed by atoms with van der Waals surface area (Å²) in [5.41, 5.74) is 0. The van der Waals surface area contributed by atoms with Gasteiger partial charge in [0.1, 0.15) is 0 Å². The minimum Gasteiger partial charge on any atom is -0.310 e. The lowest BCUT2D eigenvalue weighted by molar-refractivity contribution is 0.368. The summed E-state index contributed by atoms with van der Waals surface area (Å²) in [6.07, 6.45) is 13.2. The number of hydrogen-bond donors (Lipinski definition) is 1. The van der Waals surface area contributed by atoms with Crippen LogP contribution < -0.4 is 5.32 Å². The van der Waals surface area contributed by atoms with Gasteiger partial charge in [-0.15, -0.1) is 0 Å². The van der Waals surface area contributed by atoms with Crippen molar-refractivity contribution in [1.82, 2.24) is 5.32 Å². The fourth-order valence-electron chi connectivity index (χ4n) is 2.59. The van der Waals surface area contributed by atoms with E-state index >= 15 is 0 Å². The van der Waals surface area contributed by atoms with Gasteiger partial charge in [-0.05, 0) is 50.4 Å². The van der Waals surface area contributed by atoms with Crippen LogP contribution in [-0.4, -0.2) is 12.1 Å². The summed E-state index contributed by atoms with van der Waals surface area (Å²) < 4.78 is 0. The molecule has 72 valence electrons. The van der Waals surface area contributed by atoms with Gasteiger partial charge in [0.15, 0.2) is 0 Å². The van der Waals surface area contributed by atoms with Gasteiger partial charge in [-0.25, -0.2) is 0 Å². The topological polar surface area (TPSA) is 12.0 Å². The molecule has 0 unspecified atom stereocenters. The molecule has 0 heterocycles. The quantitative estimate of drug-likeness (QED) is 0.650. The lowest BCUT2D eigenvalue weighted by Gasteiger charge is -2.22. The highest BCUT2D eigenvalue weighted by atomic mass is 15.0. The number of rotatable bonds is 4. The second-order valence-electron chi connectivity index (χ2n) is 5.01. The molecule has 0 atom stereocenters. The van der Waals surface area contributed by atoms with E-state index < -0.39 is 0 Å². The van der Waals surface area contributed by atoms with Gasteiger partial charge in [-0.3, -0.25) is 0 Å². The Morgan fingerprint density at radius 2 is 1.46 bits per heavy atom. The zero-order valence-corrected chi connectivity index (χ0v) is 8.21. The Labute approximate surface area is 80.6 Å². The summed E-state index contributed by atoms with van der Waals surface area (Å²) in [4.78, 5) is 0. The fraction of sp³-hybridized carbons (Fsp3) is 0.833. The first-order valence-electron chi connectivity index (χ1n) is 5.84. The average Bonchev–Trinajstić information content (AvgIpc) is 3.04. The van der Waals surface area contributed by atoms with Crippen molar-refractivity contribution in [2.75, 3.05) is 0 Å². The molecule has 0 aromatic heterocycles. The highest BCUT2D eigenvalue weighted by Crippen LogP contribution is 2.44. The van der Waals surface area contributed by atoms with E-state index in [1.807, 2.05) is 0 Å². The summed E-state index contributed by atoms with van der Waals surface area (Å²) in [5, 5.41) is 3.88. The summed E-state index contributed by atoms with van der Waals surface area (Å²) in [5.74, 6) is 2.10. The van der Waals surface area contributed by atoms with E-state index in [4.69, 9.17) is 0 Å². The maximum atomic E-state index is 3.88. The third-order valence-corrected chi connectivity index (χ3v) is 3.70. The van der Waals surface area contributed by atoms with Gasteiger partial charge in [-0.1, -0.05) is 12.2 Å². The second kappa shape index (κ2) is 3.13. The largest absolute Gasteiger partial charge is 0.310 e. The van der Waals surface area contributed by atoms with Crippen molar-refractivity contribution in [2.45, 2.75) is 50.6 Å². The molecule has 0 aromatic rings. The Kier molecular flexibility index (Phi) is 1.93. The molecule has 2 saturated carbocycles. The van der Waals surface area contributed by atoms with Gasteiger partial charge < -0.3 is 5.32 Å². The van der Waals surface area contributed by atoms with Crippen molar-refractivity contribution in [1.29, 1.82) is 0 Å². The Morgan fingerprint density at radius 3 is 1.92 bits per heavy atom. The molecule has 0 aliphatic heterocycles. The van der Waals surface area contributed by atoms with E-state index in [0.717, 1.165) is 23.9 Å². The van der Waals surface area contributed by atoms with Crippen LogP contribution in [0.1, 0.15) is 38.5 Å². The molecule has 3 rings (SSSR count). The van der Waals surface area contributed by atoms with E-state index in [1.165, 1.54) is 38.5 Å². The van der Waals surface area contributed by atoms with Gasteiger partial charge in [0.05, 0.1) is 0 Å². The first kappa shape index (κ1) is 8.05. The smallest absolute Gasteiger partial charge is 0.0139 e. The maximum Gasteiger partial charge on any atom is 0.0139 e. The molecular weight excluding hydrogens is 158 g/mol. The van der Waals surface area contributed by atoms with E-state index in [0.29, 0.717) is 0 Å². The number of hydrogen-bond acceptors (Lipinski definition) is 1. The molecule has 0 amide bonds. The SMILES string of the molecule is C1=CCC(NC(C2CC2)C2CC2)C1. The van der Waals surface area contributed by atoms with Crippen LogP contribution in [0.2, 0.25) is 0 Å². The summed E-state index contributed by atoms with van der Waals surface area (Å²) in [7, 11) is 0. The normalized spacial score (nSPS) is 29.0. The molecule has 13 heavy (non-hydrogen) atoms. The van der Waals surface area contributed by atoms with Crippen LogP contribution in [0, 0.1) is 11.8 Å². The van der Waals surface area contributed by atoms with Gasteiger partial charge in [-0.2, -0.15) is 0 Å². The molecule has 1 N–H and O–H groups in total. The monoisotopic (exact) mass is 177 g/mol. The first-order valence-corrected chi connectivity index (χ1v) is 5.84. The molecule has 3 aliphatic carbocycles. The zero-order valence-electron chi connectivity index (χ0n) is 8.21. The lowest BCUT2D eigenvalue weighted by atomic mass is 10.1. The fourth-order valence-corrected chi connectivity index (χ4v) is 2.59. The minimum absolute atomic E-state index is 0.784. The molecule has 1 heteroatoms. The van der Waals surface area contributed by atoms with Crippen LogP contribution in [0.4, 0.5) is 0 Å². The highest BCUT2D eigenvalue weighted by molar-refractivity contribution is 5.03. The molecule has 0 bridgehead atoms. The predicted molar refractivity (Wildman–Crippen MR) is 54.5 cm³/mol. The molecule has 0 spiro atoms. The highest BCUT2D eigenvalue weighted by Gasteiger charge is 2.41. The Bertz CT molecular complexity index is 193. The molecular formula is C12H19N. The van der Waals surface area contributed by atoms with E-state index in [1.54, 1.807) is 0 Å². The van der Waals surface area contributed by atoms with Crippen molar-refractivity contribution in [3.05, 3.63) is 12.2 Å². The van der Waals surface area contributed by atoms with Crippen molar-refractivity contribution in [3.63, 3.8) is 0 Å². The van der Waals surface area contributed by atoms with Crippen molar-refractivity contribution < 1.29 is 0 Å². The standard InChI is InChI=1S/C12H19N/c1-2-4-11(3-1)13-12(9-5-6-9)10-7-8-10/h1-2,9-13H,3-8H2. The van der Waals surface area contributed by atoms with Gasteiger partial charge in [0.25, 0.3) is 0 Å². The van der Waals surface area contributed by atoms with E-state index in [2.05, 4.69) is 17.5 Å². The minimum atomic E-state index is 0.784. The van der Waals surface area contributed by atoms with Crippen LogP contribution in [0.25, 0.3) is 0 Å². The summed E-state index contributed by atoms with van der Waals surface area (Å²) >= 11 is 0. The van der Waals surface area contributed by atoms with Crippen molar-refractivity contribution >= 4 is 0 Å². The average molecular weight is 177 g/mol. The molecule has 2 fully saturated rings. The second-order valence-corrected chi connectivity index (χ2v) is 5.01. The molecule has 0 radical (unpaired) electrons. The lowest BCUT2D eigenvalue weighted by Crippen LogP contribution is -2.39. The van der Waals surface area contributed by atoms with E-state index in [9.17, 15) is 0 Å².